The van der Waals surface area contributed by atoms with Crippen molar-refractivity contribution in [1.82, 2.24) is 19.9 Å². The van der Waals surface area contributed by atoms with E-state index in [0.29, 0.717) is 11.1 Å². The van der Waals surface area contributed by atoms with E-state index >= 15 is 0 Å². The van der Waals surface area contributed by atoms with Crippen LogP contribution in [0.15, 0.2) is 122 Å². The number of hydrogen-bond donors (Lipinski definition) is 0. The summed E-state index contributed by atoms with van der Waals surface area (Å²) in [6, 6.07) is 36.3. The second kappa shape index (κ2) is 12.1. The first-order valence-corrected chi connectivity index (χ1v) is 16.1. The summed E-state index contributed by atoms with van der Waals surface area (Å²) in [5.41, 5.74) is 9.02. The lowest BCUT2D eigenvalue weighted by atomic mass is 9.62. The number of aromatic nitrogens is 4. The number of nitrogens with zero attached hydrogens (tertiary/aromatic N) is 4. The summed E-state index contributed by atoms with van der Waals surface area (Å²) in [7, 11) is 0. The van der Waals surface area contributed by atoms with Crippen LogP contribution >= 0.6 is 0 Å². The molecule has 5 heteroatoms. The van der Waals surface area contributed by atoms with E-state index in [9.17, 15) is 4.79 Å². The van der Waals surface area contributed by atoms with Crippen LogP contribution in [0.3, 0.4) is 0 Å². The Morgan fingerprint density at radius 1 is 0.500 bits per heavy atom. The van der Waals surface area contributed by atoms with Crippen LogP contribution in [0, 0.1) is 0 Å². The molecule has 4 heterocycles. The number of carbonyl (C=O) groups is 1. The van der Waals surface area contributed by atoms with E-state index in [0.717, 1.165) is 56.4 Å². The molecule has 0 spiro atoms. The molecular weight excluding hydrogens is 589 g/mol. The fourth-order valence-electron chi connectivity index (χ4n) is 6.58. The molecule has 4 aromatic heterocycles. The Balaban J connectivity index is 0.00000401. The number of pyridine rings is 4. The predicted octanol–water partition coefficient (Wildman–Crippen LogP) is 9.76. The van der Waals surface area contributed by atoms with Crippen LogP contribution in [-0.4, -0.2) is 25.7 Å². The van der Waals surface area contributed by atoms with Gasteiger partial charge in [-0.05, 0) is 59.7 Å². The van der Waals surface area contributed by atoms with Crippen molar-refractivity contribution in [2.24, 2.45) is 0 Å². The smallest absolute Gasteiger partial charge is 0.193 e. The van der Waals surface area contributed by atoms with Crippen LogP contribution in [-0.2, 0) is 16.2 Å². The average molecular weight is 631 g/mol. The zero-order valence-corrected chi connectivity index (χ0v) is 27.7. The van der Waals surface area contributed by atoms with Crippen LogP contribution in [0.1, 0.15) is 98.8 Å². The van der Waals surface area contributed by atoms with Crippen molar-refractivity contribution in [3.05, 3.63) is 167 Å². The summed E-state index contributed by atoms with van der Waals surface area (Å²) >= 11 is 0. The summed E-state index contributed by atoms with van der Waals surface area (Å²) in [4.78, 5) is 34.3. The topological polar surface area (TPSA) is 68.6 Å². The molecule has 1 aliphatic carbocycles. The van der Waals surface area contributed by atoms with Gasteiger partial charge in [-0.3, -0.25) is 24.7 Å². The summed E-state index contributed by atoms with van der Waals surface area (Å²) < 4.78 is 0. The Labute approximate surface area is 284 Å². The molecule has 0 radical (unpaired) electrons. The fourth-order valence-corrected chi connectivity index (χ4v) is 6.58. The van der Waals surface area contributed by atoms with E-state index in [-0.39, 0.29) is 24.0 Å². The van der Waals surface area contributed by atoms with Gasteiger partial charge in [-0.2, -0.15) is 0 Å². The number of rotatable bonds is 4. The number of benzene rings is 2. The van der Waals surface area contributed by atoms with Gasteiger partial charge in [0.2, 0.25) is 0 Å². The van der Waals surface area contributed by atoms with Crippen molar-refractivity contribution in [3.63, 3.8) is 0 Å². The molecular formula is C43H42N4O. The molecule has 48 heavy (non-hydrogen) atoms. The quantitative estimate of drug-likeness (QED) is 0.194. The van der Waals surface area contributed by atoms with Gasteiger partial charge in [-0.25, -0.2) is 0 Å². The van der Waals surface area contributed by atoms with Crippen LogP contribution in [0.25, 0.3) is 22.5 Å². The molecule has 0 saturated heterocycles. The molecule has 0 N–H and O–H groups in total. The van der Waals surface area contributed by atoms with Gasteiger partial charge in [0.05, 0.1) is 22.8 Å². The lowest BCUT2D eigenvalue weighted by Crippen LogP contribution is -2.39. The van der Waals surface area contributed by atoms with Gasteiger partial charge in [0.1, 0.15) is 5.41 Å². The molecule has 0 saturated carbocycles. The summed E-state index contributed by atoms with van der Waals surface area (Å²) in [6.45, 7) is 13.0. The maximum Gasteiger partial charge on any atom is 0.193 e. The first kappa shape index (κ1) is 32.6. The van der Waals surface area contributed by atoms with Gasteiger partial charge in [0.25, 0.3) is 0 Å². The number of fused-ring (bicyclic) bond motifs is 2. The average Bonchev–Trinajstić information content (AvgIpc) is 3.08. The normalized spacial score (nSPS) is 13.7. The van der Waals surface area contributed by atoms with Crippen molar-refractivity contribution in [2.75, 3.05) is 0 Å². The van der Waals surface area contributed by atoms with Crippen molar-refractivity contribution < 1.29 is 4.79 Å². The second-order valence-electron chi connectivity index (χ2n) is 14.4. The molecule has 5 nitrogen and oxygen atoms in total. The van der Waals surface area contributed by atoms with E-state index in [4.69, 9.17) is 19.9 Å². The number of hydrogen-bond acceptors (Lipinski definition) is 5. The summed E-state index contributed by atoms with van der Waals surface area (Å²) in [6.07, 6.45) is 3.80. The number of ketones is 1. The van der Waals surface area contributed by atoms with Crippen molar-refractivity contribution in [1.29, 1.82) is 0 Å². The first-order chi connectivity index (χ1) is 22.5. The van der Waals surface area contributed by atoms with Crippen LogP contribution in [0.4, 0.5) is 0 Å². The summed E-state index contributed by atoms with van der Waals surface area (Å²) in [5.74, 6) is 0.00284. The Kier molecular flexibility index (Phi) is 8.20. The fraction of sp³-hybridized carbons (Fsp3) is 0.233. The van der Waals surface area contributed by atoms with Gasteiger partial charge in [0.15, 0.2) is 5.78 Å². The van der Waals surface area contributed by atoms with Crippen molar-refractivity contribution >= 4 is 5.78 Å². The van der Waals surface area contributed by atoms with Gasteiger partial charge in [0, 0.05) is 56.9 Å². The van der Waals surface area contributed by atoms with E-state index < -0.39 is 5.41 Å². The minimum Gasteiger partial charge on any atom is -0.289 e. The molecule has 0 amide bonds. The molecule has 6 aromatic rings. The lowest BCUT2D eigenvalue weighted by Gasteiger charge is -2.40. The molecule has 240 valence electrons. The van der Waals surface area contributed by atoms with E-state index in [1.807, 2.05) is 85.2 Å². The Morgan fingerprint density at radius 2 is 0.917 bits per heavy atom. The monoisotopic (exact) mass is 630 g/mol. The standard InChI is InChI=1S/C42H38N4O.CH4/c1-40(2,3)35-23-21-27(25-43-35)33-17-11-19-37(45-33)42(31-15-9-7-13-29(31)39(47)30-14-8-10-16-32(30)42)38-20-12-18-34(46-38)28-22-24-36(44-26-28)41(4,5)6;/h7-26H,1-6H3;1H4. The van der Waals surface area contributed by atoms with E-state index in [1.54, 1.807) is 0 Å². The van der Waals surface area contributed by atoms with Crippen LogP contribution in [0.2, 0.25) is 0 Å². The molecule has 0 atom stereocenters. The van der Waals surface area contributed by atoms with Crippen molar-refractivity contribution in [3.8, 4) is 22.5 Å². The molecule has 7 rings (SSSR count). The highest BCUT2D eigenvalue weighted by molar-refractivity contribution is 6.14. The van der Waals surface area contributed by atoms with Gasteiger partial charge in [-0.1, -0.05) is 110 Å². The SMILES string of the molecule is C.CC(C)(C)c1ccc(-c2cccc(C3(c4cccc(-c5ccc(C(C)(C)C)nc5)n4)c4ccccc4C(=O)c4ccccc43)n2)cn1. The largest absolute Gasteiger partial charge is 0.289 e. The minimum absolute atomic E-state index is 0. The Hall–Kier alpha value is -5.29. The maximum absolute atomic E-state index is 14.0. The molecule has 0 fully saturated rings. The zero-order valence-electron chi connectivity index (χ0n) is 27.7. The van der Waals surface area contributed by atoms with Gasteiger partial charge < -0.3 is 0 Å². The molecule has 0 unspecified atom stereocenters. The third-order valence-corrected chi connectivity index (χ3v) is 9.07. The zero-order chi connectivity index (χ0) is 33.0. The van der Waals surface area contributed by atoms with Crippen LogP contribution < -0.4 is 0 Å². The molecule has 0 aliphatic heterocycles. The number of carbonyl (C=O) groups excluding carboxylic acids is 1. The second-order valence-corrected chi connectivity index (χ2v) is 14.4. The highest BCUT2D eigenvalue weighted by Gasteiger charge is 2.48. The minimum atomic E-state index is -0.968. The molecule has 1 aliphatic rings. The molecule has 2 aromatic carbocycles. The Morgan fingerprint density at radius 3 is 1.29 bits per heavy atom. The van der Waals surface area contributed by atoms with E-state index in [2.05, 4.69) is 77.9 Å². The predicted molar refractivity (Wildman–Crippen MR) is 194 cm³/mol. The Bertz CT molecular complexity index is 1960. The van der Waals surface area contributed by atoms with Crippen molar-refractivity contribution in [2.45, 2.75) is 65.2 Å². The molecule has 0 bridgehead atoms. The lowest BCUT2D eigenvalue weighted by molar-refractivity contribution is 0.103. The highest BCUT2D eigenvalue weighted by atomic mass is 16.1. The van der Waals surface area contributed by atoms with Gasteiger partial charge >= 0.3 is 0 Å². The third kappa shape index (κ3) is 5.43. The van der Waals surface area contributed by atoms with Gasteiger partial charge in [-0.15, -0.1) is 0 Å². The van der Waals surface area contributed by atoms with Crippen LogP contribution in [0.5, 0.6) is 0 Å². The summed E-state index contributed by atoms with van der Waals surface area (Å²) in [5, 5.41) is 0. The highest BCUT2D eigenvalue weighted by Crippen LogP contribution is 2.50. The first-order valence-electron chi connectivity index (χ1n) is 16.1. The third-order valence-electron chi connectivity index (χ3n) is 9.07. The maximum atomic E-state index is 14.0. The van der Waals surface area contributed by atoms with E-state index in [1.165, 1.54) is 0 Å².